The van der Waals surface area contributed by atoms with Crippen molar-refractivity contribution >= 4 is 27.3 Å². The smallest absolute Gasteiger partial charge is 0.268 e. The van der Waals surface area contributed by atoms with Gasteiger partial charge < -0.3 is 25.2 Å². The minimum absolute atomic E-state index is 0.0603. The number of thiophene rings is 1. The van der Waals surface area contributed by atoms with Crippen LogP contribution in [0.2, 0.25) is 0 Å². The van der Waals surface area contributed by atoms with E-state index in [-0.39, 0.29) is 17.7 Å². The number of fused-ring (bicyclic) bond motifs is 1. The molecule has 6 nitrogen and oxygen atoms in total. The topological polar surface area (TPSA) is 82.0 Å². The van der Waals surface area contributed by atoms with Crippen molar-refractivity contribution in [3.8, 4) is 22.6 Å². The molecule has 1 amide bonds. The summed E-state index contributed by atoms with van der Waals surface area (Å²) in [5.41, 5.74) is 3.85. The minimum Gasteiger partial charge on any atom is -0.506 e. The molecule has 1 saturated carbocycles. The summed E-state index contributed by atoms with van der Waals surface area (Å²) in [6.45, 7) is 4.63. The number of aliphatic hydroxyl groups excluding tert-OH is 1. The van der Waals surface area contributed by atoms with Crippen molar-refractivity contribution in [3.05, 3.63) is 82.7 Å². The van der Waals surface area contributed by atoms with Gasteiger partial charge in [-0.25, -0.2) is 0 Å². The number of benzene rings is 3. The van der Waals surface area contributed by atoms with Crippen molar-refractivity contribution < 1.29 is 19.7 Å². The van der Waals surface area contributed by atoms with Crippen LogP contribution in [0.4, 0.5) is 0 Å². The van der Waals surface area contributed by atoms with E-state index in [0.29, 0.717) is 29.5 Å². The lowest BCUT2D eigenvalue weighted by atomic mass is 9.89. The summed E-state index contributed by atoms with van der Waals surface area (Å²) in [4.78, 5) is 16.6. The van der Waals surface area contributed by atoms with Crippen LogP contribution in [0.25, 0.3) is 21.2 Å². The molecule has 0 saturated heterocycles. The molecule has 1 fully saturated rings. The Morgan fingerprint density at radius 2 is 1.75 bits per heavy atom. The van der Waals surface area contributed by atoms with Crippen LogP contribution < -0.4 is 10.1 Å². The van der Waals surface area contributed by atoms with Crippen molar-refractivity contribution in [2.45, 2.75) is 64.3 Å². The SMILES string of the molecule is CCOc1ccc(-c2ccc(C(C)O)cc2)cc1CN(C(=O)c1sc2ccccc2c1O)C1CCC(NC)CC1. The lowest BCUT2D eigenvalue weighted by Crippen LogP contribution is -2.44. The molecule has 0 aliphatic heterocycles. The number of nitrogens with one attached hydrogen (secondary N) is 1. The normalized spacial score (nSPS) is 18.0. The van der Waals surface area contributed by atoms with Crippen molar-refractivity contribution in [1.82, 2.24) is 10.2 Å². The first kappa shape index (κ1) is 28.1. The quantitative estimate of drug-likeness (QED) is 0.208. The molecule has 7 heteroatoms. The summed E-state index contributed by atoms with van der Waals surface area (Å²) in [5.74, 6) is 0.686. The van der Waals surface area contributed by atoms with E-state index < -0.39 is 6.10 Å². The van der Waals surface area contributed by atoms with Gasteiger partial charge in [-0.15, -0.1) is 11.3 Å². The van der Waals surface area contributed by atoms with E-state index in [1.807, 2.05) is 79.5 Å². The Kier molecular flexibility index (Phi) is 8.74. The molecule has 3 N–H and O–H groups in total. The van der Waals surface area contributed by atoms with Crippen LogP contribution in [0.1, 0.15) is 66.4 Å². The maximum Gasteiger partial charge on any atom is 0.268 e. The molecule has 0 spiro atoms. The molecule has 3 aromatic carbocycles. The highest BCUT2D eigenvalue weighted by Crippen LogP contribution is 2.39. The van der Waals surface area contributed by atoms with Gasteiger partial charge in [-0.1, -0.05) is 42.5 Å². The Morgan fingerprint density at radius 1 is 1.05 bits per heavy atom. The second-order valence-electron chi connectivity index (χ2n) is 10.6. The van der Waals surface area contributed by atoms with Crippen LogP contribution >= 0.6 is 11.3 Å². The van der Waals surface area contributed by atoms with Gasteiger partial charge in [0, 0.05) is 34.3 Å². The number of aromatic hydroxyl groups is 1. The molecule has 210 valence electrons. The standard InChI is InChI=1S/C33H38N2O4S/c1-4-39-29-18-13-24(23-11-9-22(10-12-23)21(2)36)19-25(29)20-35(27-16-14-26(34-3)15-17-27)33(38)32-31(37)28-7-5-6-8-30(28)40-32/h5-13,18-19,21,26-27,34,36-37H,4,14-17,20H2,1-3H3. The van der Waals surface area contributed by atoms with Crippen LogP contribution in [-0.2, 0) is 6.54 Å². The zero-order chi connectivity index (χ0) is 28.2. The van der Waals surface area contributed by atoms with Crippen molar-refractivity contribution in [2.24, 2.45) is 0 Å². The molecule has 1 heterocycles. The summed E-state index contributed by atoms with van der Waals surface area (Å²) in [6, 6.07) is 22.2. The first-order chi connectivity index (χ1) is 19.4. The second kappa shape index (κ2) is 12.4. The Hall–Kier alpha value is -3.39. The molecule has 4 aromatic rings. The number of hydrogen-bond donors (Lipinski definition) is 3. The summed E-state index contributed by atoms with van der Waals surface area (Å²) in [7, 11) is 2.00. The van der Waals surface area contributed by atoms with Gasteiger partial charge >= 0.3 is 0 Å². The number of hydrogen-bond acceptors (Lipinski definition) is 6. The number of carbonyl (C=O) groups is 1. The fourth-order valence-electron chi connectivity index (χ4n) is 5.67. The van der Waals surface area contributed by atoms with Gasteiger partial charge in [0.15, 0.2) is 0 Å². The summed E-state index contributed by atoms with van der Waals surface area (Å²) in [5, 5.41) is 25.1. The maximum absolute atomic E-state index is 14.2. The van der Waals surface area contributed by atoms with Gasteiger partial charge in [0.25, 0.3) is 5.91 Å². The molecule has 1 atom stereocenters. The van der Waals surface area contributed by atoms with E-state index in [9.17, 15) is 15.0 Å². The van der Waals surface area contributed by atoms with Gasteiger partial charge in [-0.3, -0.25) is 4.79 Å². The number of rotatable bonds is 9. The second-order valence-corrected chi connectivity index (χ2v) is 11.6. The number of nitrogens with zero attached hydrogens (tertiary/aromatic N) is 1. The third-order valence-corrected chi connectivity index (χ3v) is 9.15. The average molecular weight is 559 g/mol. The van der Waals surface area contributed by atoms with Gasteiger partial charge in [-0.2, -0.15) is 0 Å². The molecule has 1 aliphatic carbocycles. The number of aliphatic hydroxyl groups is 1. The van der Waals surface area contributed by atoms with Crippen molar-refractivity contribution in [2.75, 3.05) is 13.7 Å². The fraction of sp³-hybridized carbons (Fsp3) is 0.364. The van der Waals surface area contributed by atoms with E-state index in [4.69, 9.17) is 4.74 Å². The molecule has 1 unspecified atom stereocenters. The molecule has 1 aromatic heterocycles. The van der Waals surface area contributed by atoms with Crippen LogP contribution in [0.5, 0.6) is 11.5 Å². The first-order valence-electron chi connectivity index (χ1n) is 14.1. The van der Waals surface area contributed by atoms with E-state index in [1.165, 1.54) is 11.3 Å². The third kappa shape index (κ3) is 5.87. The van der Waals surface area contributed by atoms with Gasteiger partial charge in [0.1, 0.15) is 16.4 Å². The Bertz CT molecular complexity index is 1460. The molecule has 1 aliphatic rings. The lowest BCUT2D eigenvalue weighted by molar-refractivity contribution is 0.0601. The van der Waals surface area contributed by atoms with Crippen LogP contribution in [-0.4, -0.2) is 46.8 Å². The first-order valence-corrected chi connectivity index (χ1v) is 14.9. The lowest BCUT2D eigenvalue weighted by Gasteiger charge is -2.37. The molecular weight excluding hydrogens is 520 g/mol. The maximum atomic E-state index is 14.2. The Morgan fingerprint density at radius 3 is 2.40 bits per heavy atom. The van der Waals surface area contributed by atoms with E-state index >= 15 is 0 Å². The number of amides is 1. The Balaban J connectivity index is 1.52. The molecular formula is C33H38N2O4S. The van der Waals surface area contributed by atoms with Gasteiger partial charge in [-0.05, 0) is 87.5 Å². The average Bonchev–Trinajstić information content (AvgIpc) is 3.33. The fourth-order valence-corrected chi connectivity index (χ4v) is 6.72. The number of ether oxygens (including phenoxy) is 1. The highest BCUT2D eigenvalue weighted by molar-refractivity contribution is 7.21. The monoisotopic (exact) mass is 558 g/mol. The van der Waals surface area contributed by atoms with Crippen LogP contribution in [0, 0.1) is 0 Å². The third-order valence-electron chi connectivity index (χ3n) is 8.00. The summed E-state index contributed by atoms with van der Waals surface area (Å²) in [6.07, 6.45) is 3.27. The summed E-state index contributed by atoms with van der Waals surface area (Å²) < 4.78 is 6.93. The Labute approximate surface area is 240 Å². The highest BCUT2D eigenvalue weighted by Gasteiger charge is 2.32. The number of carbonyl (C=O) groups excluding carboxylic acids is 1. The minimum atomic E-state index is -0.521. The van der Waals surface area contributed by atoms with Crippen LogP contribution in [0.15, 0.2) is 66.7 Å². The van der Waals surface area contributed by atoms with E-state index in [1.54, 1.807) is 6.92 Å². The largest absolute Gasteiger partial charge is 0.506 e. The summed E-state index contributed by atoms with van der Waals surface area (Å²) >= 11 is 1.35. The van der Waals surface area contributed by atoms with E-state index in [2.05, 4.69) is 11.4 Å². The van der Waals surface area contributed by atoms with Gasteiger partial charge in [0.2, 0.25) is 0 Å². The van der Waals surface area contributed by atoms with Crippen molar-refractivity contribution in [1.29, 1.82) is 0 Å². The van der Waals surface area contributed by atoms with Gasteiger partial charge in [0.05, 0.1) is 12.7 Å². The zero-order valence-corrected chi connectivity index (χ0v) is 24.2. The highest BCUT2D eigenvalue weighted by atomic mass is 32.1. The molecule has 0 radical (unpaired) electrons. The molecule has 5 rings (SSSR count). The van der Waals surface area contributed by atoms with Crippen LogP contribution in [0.3, 0.4) is 0 Å². The zero-order valence-electron chi connectivity index (χ0n) is 23.4. The molecule has 40 heavy (non-hydrogen) atoms. The predicted molar refractivity (Wildman–Crippen MR) is 162 cm³/mol. The molecule has 0 bridgehead atoms. The predicted octanol–water partition coefficient (Wildman–Crippen LogP) is 6.90. The van der Waals surface area contributed by atoms with Crippen molar-refractivity contribution in [3.63, 3.8) is 0 Å². The van der Waals surface area contributed by atoms with E-state index in [0.717, 1.165) is 58.4 Å².